The number of alkyl carbamates (subject to hydrolysis) is 1. The number of ether oxygens (including phenoxy) is 1. The van der Waals surface area contributed by atoms with Gasteiger partial charge >= 0.3 is 6.09 Å². The number of nitrogens with two attached hydrogens (primary N) is 2. The Bertz CT molecular complexity index is 1090. The lowest BCUT2D eigenvalue weighted by molar-refractivity contribution is -0.118. The van der Waals surface area contributed by atoms with Crippen molar-refractivity contribution in [2.24, 2.45) is 11.6 Å². The fourth-order valence-corrected chi connectivity index (χ4v) is 4.05. The zero-order valence-corrected chi connectivity index (χ0v) is 25.1. The summed E-state index contributed by atoms with van der Waals surface area (Å²) in [6.45, 7) is 16.7. The van der Waals surface area contributed by atoms with Crippen LogP contribution in [-0.4, -0.2) is 35.7 Å². The molecule has 0 radical (unpaired) electrons. The molecule has 1 heterocycles. The standard InChI is InChI=1S/C27H37N5O3.2C2H6/c1-5-6-17-32(29)25-21-13-9-10-14-22(21)31(18-19-11-7-8-12-20(19)24(25)28)23(33)15-16-30-26(34)35-27(2,3)4;2*1-2/h7-14H,5-6,15-18,28-29H2,1-4H3,(H,30,34);2*1-2H3/b25-24-;;. The van der Waals surface area contributed by atoms with Gasteiger partial charge in [0.25, 0.3) is 0 Å². The van der Waals surface area contributed by atoms with Crippen LogP contribution in [0.1, 0.15) is 91.3 Å². The van der Waals surface area contributed by atoms with E-state index in [9.17, 15) is 9.59 Å². The van der Waals surface area contributed by atoms with Crippen molar-refractivity contribution in [1.82, 2.24) is 10.3 Å². The van der Waals surface area contributed by atoms with Crippen LogP contribution >= 0.6 is 0 Å². The number of hydrogen-bond acceptors (Lipinski definition) is 6. The summed E-state index contributed by atoms with van der Waals surface area (Å²) < 4.78 is 5.27. The number of hydrazine groups is 1. The van der Waals surface area contributed by atoms with Crippen molar-refractivity contribution in [2.45, 2.75) is 86.8 Å². The van der Waals surface area contributed by atoms with Crippen LogP contribution in [0.2, 0.25) is 0 Å². The molecule has 8 nitrogen and oxygen atoms in total. The summed E-state index contributed by atoms with van der Waals surface area (Å²) in [7, 11) is 0. The number of benzene rings is 2. The highest BCUT2D eigenvalue weighted by Gasteiger charge is 2.28. The largest absolute Gasteiger partial charge is 0.444 e. The summed E-state index contributed by atoms with van der Waals surface area (Å²) in [5, 5.41) is 4.36. The van der Waals surface area contributed by atoms with E-state index in [1.54, 1.807) is 30.7 Å². The third kappa shape index (κ3) is 9.62. The second kappa shape index (κ2) is 16.4. The molecule has 216 valence electrons. The number of anilines is 1. The molecule has 0 bridgehead atoms. The summed E-state index contributed by atoms with van der Waals surface area (Å²) in [4.78, 5) is 27.2. The van der Waals surface area contributed by atoms with Gasteiger partial charge in [-0.1, -0.05) is 83.5 Å². The average molecular weight is 540 g/mol. The van der Waals surface area contributed by atoms with Crippen LogP contribution in [0.3, 0.4) is 0 Å². The molecule has 1 aliphatic heterocycles. The average Bonchev–Trinajstić information content (AvgIpc) is 2.91. The first kappa shape index (κ1) is 33.5. The van der Waals surface area contributed by atoms with Crippen LogP contribution in [0.5, 0.6) is 0 Å². The van der Waals surface area contributed by atoms with Crippen molar-refractivity contribution < 1.29 is 14.3 Å². The summed E-state index contributed by atoms with van der Waals surface area (Å²) in [6.07, 6.45) is 1.48. The molecule has 0 unspecified atom stereocenters. The monoisotopic (exact) mass is 539 g/mol. The highest BCUT2D eigenvalue weighted by Crippen LogP contribution is 2.37. The van der Waals surface area contributed by atoms with E-state index >= 15 is 0 Å². The fourth-order valence-electron chi connectivity index (χ4n) is 4.05. The van der Waals surface area contributed by atoms with Crippen molar-refractivity contribution in [3.8, 4) is 0 Å². The van der Waals surface area contributed by atoms with E-state index in [-0.39, 0.29) is 18.9 Å². The van der Waals surface area contributed by atoms with Gasteiger partial charge in [-0.25, -0.2) is 10.6 Å². The molecule has 0 spiro atoms. The number of amides is 2. The van der Waals surface area contributed by atoms with Gasteiger partial charge in [-0.15, -0.1) is 0 Å². The molecule has 2 aromatic carbocycles. The van der Waals surface area contributed by atoms with E-state index in [2.05, 4.69) is 12.2 Å². The van der Waals surface area contributed by atoms with Gasteiger partial charge in [0.05, 0.1) is 23.6 Å². The quantitative estimate of drug-likeness (QED) is 0.283. The van der Waals surface area contributed by atoms with Crippen LogP contribution in [0.25, 0.3) is 11.4 Å². The third-order valence-corrected chi connectivity index (χ3v) is 5.69. The molecule has 0 saturated carbocycles. The van der Waals surface area contributed by atoms with Gasteiger partial charge in [-0.2, -0.15) is 0 Å². The summed E-state index contributed by atoms with van der Waals surface area (Å²) >= 11 is 0. The Morgan fingerprint density at radius 3 is 2.21 bits per heavy atom. The molecular weight excluding hydrogens is 490 g/mol. The molecule has 2 aromatic rings. The van der Waals surface area contributed by atoms with Gasteiger partial charge in [0.15, 0.2) is 0 Å². The number of unbranched alkanes of at least 4 members (excludes halogenated alkanes) is 1. The second-order valence-electron chi connectivity index (χ2n) is 9.64. The van der Waals surface area contributed by atoms with E-state index in [1.807, 2.05) is 76.2 Å². The highest BCUT2D eigenvalue weighted by molar-refractivity contribution is 6.01. The normalized spacial score (nSPS) is 14.1. The topological polar surface area (TPSA) is 114 Å². The Kier molecular flexibility index (Phi) is 14.1. The number of hydrogen-bond donors (Lipinski definition) is 3. The molecule has 5 N–H and O–H groups in total. The Labute approximate surface area is 235 Å². The Balaban J connectivity index is 0.00000181. The minimum atomic E-state index is -0.603. The lowest BCUT2D eigenvalue weighted by Gasteiger charge is -2.33. The van der Waals surface area contributed by atoms with Crippen LogP contribution in [-0.2, 0) is 16.1 Å². The number of carbonyl (C=O) groups is 2. The van der Waals surface area contributed by atoms with Crippen molar-refractivity contribution in [2.75, 3.05) is 18.0 Å². The maximum atomic E-state index is 13.5. The van der Waals surface area contributed by atoms with Gasteiger partial charge in [-0.3, -0.25) is 4.79 Å². The van der Waals surface area contributed by atoms with Crippen LogP contribution in [0.4, 0.5) is 10.5 Å². The number of para-hydroxylation sites is 1. The first-order valence-corrected chi connectivity index (χ1v) is 14.1. The molecule has 0 aromatic heterocycles. The number of nitrogens with zero attached hydrogens (tertiary/aromatic N) is 2. The zero-order chi connectivity index (χ0) is 29.6. The van der Waals surface area contributed by atoms with Crippen LogP contribution in [0.15, 0.2) is 48.5 Å². The highest BCUT2D eigenvalue weighted by atomic mass is 16.6. The molecule has 0 aliphatic carbocycles. The van der Waals surface area contributed by atoms with E-state index < -0.39 is 11.7 Å². The summed E-state index contributed by atoms with van der Waals surface area (Å²) in [6, 6.07) is 15.5. The van der Waals surface area contributed by atoms with Gasteiger partial charge < -0.3 is 25.7 Å². The van der Waals surface area contributed by atoms with E-state index in [0.717, 1.165) is 35.2 Å². The molecule has 2 amide bonds. The van der Waals surface area contributed by atoms with E-state index in [1.165, 1.54) is 0 Å². The molecule has 1 aliphatic rings. The molecule has 8 heteroatoms. The first-order valence-electron chi connectivity index (χ1n) is 14.1. The van der Waals surface area contributed by atoms with Crippen LogP contribution < -0.4 is 21.8 Å². The Morgan fingerprint density at radius 2 is 1.59 bits per heavy atom. The van der Waals surface area contributed by atoms with E-state index in [0.29, 0.717) is 24.5 Å². The third-order valence-electron chi connectivity index (χ3n) is 5.69. The van der Waals surface area contributed by atoms with Crippen molar-refractivity contribution >= 4 is 29.1 Å². The summed E-state index contributed by atoms with van der Waals surface area (Å²) in [5.74, 6) is 6.41. The Hall–Kier alpha value is -3.52. The Morgan fingerprint density at radius 1 is 1.00 bits per heavy atom. The lowest BCUT2D eigenvalue weighted by Crippen LogP contribution is -2.38. The minimum absolute atomic E-state index is 0.118. The minimum Gasteiger partial charge on any atom is -0.444 e. The van der Waals surface area contributed by atoms with Gasteiger partial charge in [0.2, 0.25) is 5.91 Å². The predicted octanol–water partition coefficient (Wildman–Crippen LogP) is 6.26. The summed E-state index contributed by atoms with van der Waals surface area (Å²) in [5.41, 5.74) is 10.7. The van der Waals surface area contributed by atoms with Gasteiger partial charge in [0, 0.05) is 30.6 Å². The van der Waals surface area contributed by atoms with Crippen LogP contribution in [0, 0.1) is 0 Å². The first-order chi connectivity index (χ1) is 18.6. The van der Waals surface area contributed by atoms with Gasteiger partial charge in [0.1, 0.15) is 5.60 Å². The van der Waals surface area contributed by atoms with E-state index in [4.69, 9.17) is 16.3 Å². The zero-order valence-electron chi connectivity index (χ0n) is 25.1. The fraction of sp³-hybridized carbons (Fsp3) is 0.484. The van der Waals surface area contributed by atoms with Crippen molar-refractivity contribution in [3.63, 3.8) is 0 Å². The second-order valence-corrected chi connectivity index (χ2v) is 9.64. The lowest BCUT2D eigenvalue weighted by atomic mass is 9.95. The number of fused-ring (bicyclic) bond motifs is 2. The number of rotatable bonds is 7. The molecule has 39 heavy (non-hydrogen) atoms. The molecule has 3 rings (SSSR count). The van der Waals surface area contributed by atoms with Crippen molar-refractivity contribution in [3.05, 3.63) is 65.2 Å². The number of nitrogens with one attached hydrogen (secondary N) is 1. The smallest absolute Gasteiger partial charge is 0.407 e. The molecule has 0 fully saturated rings. The molecular formula is C31H49N5O3. The SMILES string of the molecule is CC.CC.CCCCN(N)/C1=C(\N)c2ccccc2CN(C(=O)CCNC(=O)OC(C)(C)C)c2ccccc21. The van der Waals surface area contributed by atoms with Gasteiger partial charge in [-0.05, 0) is 38.8 Å². The maximum absolute atomic E-state index is 13.5. The maximum Gasteiger partial charge on any atom is 0.407 e. The molecule has 0 atom stereocenters. The predicted molar refractivity (Wildman–Crippen MR) is 162 cm³/mol. The van der Waals surface area contributed by atoms with Crippen molar-refractivity contribution in [1.29, 1.82) is 0 Å². The number of carbonyl (C=O) groups excluding carboxylic acids is 2. The molecule has 0 saturated heterocycles.